The topological polar surface area (TPSA) is 106 Å². The van der Waals surface area contributed by atoms with Gasteiger partial charge in [0.2, 0.25) is 0 Å². The first-order chi connectivity index (χ1) is 8.27. The number of nitrogens with two attached hydrogens (primary N) is 1. The number of rotatable bonds is 4. The van der Waals surface area contributed by atoms with Gasteiger partial charge in [-0.2, -0.15) is 5.10 Å². The highest BCUT2D eigenvalue weighted by Gasteiger charge is 2.29. The Kier molecular flexibility index (Phi) is 4.28. The molecule has 1 heterocycles. The normalized spacial score (nSPS) is 14.9. The number of nitrogens with one attached hydrogen (secondary N) is 2. The maximum atomic E-state index is 11.6. The standard InChI is InChI=1S/C11H21N5O2/c1-10(2,3)18-9(17)13-6-11(4,5-12)8-14-7-15-16-8/h7H,5-6,12H2,1-4H3,(H,13,17)(H,14,15,16). The number of aromatic nitrogens is 3. The molecular formula is C11H21N5O2. The molecule has 0 aliphatic heterocycles. The quantitative estimate of drug-likeness (QED) is 0.728. The number of hydrogen-bond donors (Lipinski definition) is 3. The summed E-state index contributed by atoms with van der Waals surface area (Å²) in [4.78, 5) is 15.6. The van der Waals surface area contributed by atoms with Crippen LogP contribution in [0.25, 0.3) is 0 Å². The zero-order valence-electron chi connectivity index (χ0n) is 11.3. The lowest BCUT2D eigenvalue weighted by atomic mass is 9.90. The second-order valence-corrected chi connectivity index (χ2v) is 5.45. The Morgan fingerprint density at radius 1 is 1.50 bits per heavy atom. The highest BCUT2D eigenvalue weighted by atomic mass is 16.6. The average Bonchev–Trinajstić information content (AvgIpc) is 2.77. The van der Waals surface area contributed by atoms with Crippen LogP contribution in [0.4, 0.5) is 4.79 Å². The Labute approximate surface area is 106 Å². The van der Waals surface area contributed by atoms with E-state index in [-0.39, 0.29) is 0 Å². The lowest BCUT2D eigenvalue weighted by molar-refractivity contribution is 0.0516. The van der Waals surface area contributed by atoms with Gasteiger partial charge in [0.15, 0.2) is 0 Å². The number of ether oxygens (including phenoxy) is 1. The van der Waals surface area contributed by atoms with Crippen molar-refractivity contribution in [2.75, 3.05) is 13.1 Å². The minimum absolute atomic E-state index is 0.327. The summed E-state index contributed by atoms with van der Waals surface area (Å²) in [7, 11) is 0. The van der Waals surface area contributed by atoms with E-state index in [9.17, 15) is 4.79 Å². The summed E-state index contributed by atoms with van der Waals surface area (Å²) in [5, 5.41) is 9.24. The number of carbonyl (C=O) groups is 1. The van der Waals surface area contributed by atoms with Crippen molar-refractivity contribution in [2.45, 2.75) is 38.7 Å². The second kappa shape index (κ2) is 5.34. The van der Waals surface area contributed by atoms with Crippen LogP contribution < -0.4 is 11.1 Å². The van der Waals surface area contributed by atoms with Gasteiger partial charge in [-0.05, 0) is 27.7 Å². The molecule has 102 valence electrons. The van der Waals surface area contributed by atoms with Crippen molar-refractivity contribution in [1.82, 2.24) is 20.5 Å². The molecule has 0 bridgehead atoms. The summed E-state index contributed by atoms with van der Waals surface area (Å²) in [5.74, 6) is 0.640. The third-order valence-electron chi connectivity index (χ3n) is 2.46. The molecule has 0 spiro atoms. The van der Waals surface area contributed by atoms with Crippen LogP contribution in [-0.2, 0) is 10.2 Å². The molecule has 7 heteroatoms. The zero-order valence-corrected chi connectivity index (χ0v) is 11.3. The second-order valence-electron chi connectivity index (χ2n) is 5.45. The van der Waals surface area contributed by atoms with Gasteiger partial charge in [0.1, 0.15) is 17.8 Å². The largest absolute Gasteiger partial charge is 0.444 e. The molecule has 0 aromatic carbocycles. The Hall–Kier alpha value is -1.63. The van der Waals surface area contributed by atoms with E-state index >= 15 is 0 Å². The summed E-state index contributed by atoms with van der Waals surface area (Å²) >= 11 is 0. The third kappa shape index (κ3) is 3.99. The van der Waals surface area contributed by atoms with E-state index in [0.29, 0.717) is 18.9 Å². The van der Waals surface area contributed by atoms with Crippen LogP contribution in [0, 0.1) is 0 Å². The van der Waals surface area contributed by atoms with Crippen LogP contribution >= 0.6 is 0 Å². The summed E-state index contributed by atoms with van der Waals surface area (Å²) in [6.07, 6.45) is 0.943. The molecule has 0 fully saturated rings. The van der Waals surface area contributed by atoms with Gasteiger partial charge in [-0.25, -0.2) is 9.78 Å². The van der Waals surface area contributed by atoms with Gasteiger partial charge in [0.05, 0.1) is 5.41 Å². The van der Waals surface area contributed by atoms with E-state index in [2.05, 4.69) is 20.5 Å². The Morgan fingerprint density at radius 2 is 2.17 bits per heavy atom. The van der Waals surface area contributed by atoms with Crippen molar-refractivity contribution in [3.05, 3.63) is 12.2 Å². The van der Waals surface area contributed by atoms with Gasteiger partial charge in [-0.3, -0.25) is 5.10 Å². The van der Waals surface area contributed by atoms with Crippen LogP contribution in [0.1, 0.15) is 33.5 Å². The van der Waals surface area contributed by atoms with E-state index in [4.69, 9.17) is 10.5 Å². The number of H-pyrrole nitrogens is 1. The fraction of sp³-hybridized carbons (Fsp3) is 0.727. The van der Waals surface area contributed by atoms with Crippen LogP contribution in [0.15, 0.2) is 6.33 Å². The number of carbonyl (C=O) groups excluding carboxylic acids is 1. The van der Waals surface area contributed by atoms with Crippen molar-refractivity contribution in [2.24, 2.45) is 5.73 Å². The van der Waals surface area contributed by atoms with Gasteiger partial charge in [-0.15, -0.1) is 0 Å². The van der Waals surface area contributed by atoms with Crippen molar-refractivity contribution in [3.8, 4) is 0 Å². The molecule has 1 rings (SSSR count). The number of aromatic amines is 1. The molecule has 4 N–H and O–H groups in total. The van der Waals surface area contributed by atoms with E-state index in [1.807, 2.05) is 27.7 Å². The SMILES string of the molecule is CC(C)(C)OC(=O)NCC(C)(CN)c1ncn[nH]1. The number of nitrogens with zero attached hydrogens (tertiary/aromatic N) is 2. The fourth-order valence-corrected chi connectivity index (χ4v) is 1.33. The van der Waals surface area contributed by atoms with E-state index < -0.39 is 17.1 Å². The highest BCUT2D eigenvalue weighted by Crippen LogP contribution is 2.17. The van der Waals surface area contributed by atoms with Crippen molar-refractivity contribution in [1.29, 1.82) is 0 Å². The van der Waals surface area contributed by atoms with E-state index in [1.54, 1.807) is 0 Å². The van der Waals surface area contributed by atoms with Crippen LogP contribution in [0.5, 0.6) is 0 Å². The highest BCUT2D eigenvalue weighted by molar-refractivity contribution is 5.67. The molecule has 0 saturated carbocycles. The van der Waals surface area contributed by atoms with Crippen molar-refractivity contribution in [3.63, 3.8) is 0 Å². The van der Waals surface area contributed by atoms with Crippen molar-refractivity contribution >= 4 is 6.09 Å². The van der Waals surface area contributed by atoms with Gasteiger partial charge in [0.25, 0.3) is 0 Å². The minimum Gasteiger partial charge on any atom is -0.444 e. The average molecular weight is 255 g/mol. The minimum atomic E-state index is -0.518. The van der Waals surface area contributed by atoms with Crippen molar-refractivity contribution < 1.29 is 9.53 Å². The van der Waals surface area contributed by atoms with E-state index in [1.165, 1.54) is 6.33 Å². The summed E-state index contributed by atoms with van der Waals surface area (Å²) in [6.45, 7) is 7.98. The molecule has 0 radical (unpaired) electrons. The molecule has 0 aliphatic rings. The molecule has 18 heavy (non-hydrogen) atoms. The Balaban J connectivity index is 2.58. The molecule has 0 saturated heterocycles. The Bertz CT molecular complexity index is 385. The summed E-state index contributed by atoms with van der Waals surface area (Å²) in [5.41, 5.74) is 4.72. The first-order valence-electron chi connectivity index (χ1n) is 5.79. The van der Waals surface area contributed by atoms with Gasteiger partial charge < -0.3 is 15.8 Å². The van der Waals surface area contributed by atoms with Gasteiger partial charge >= 0.3 is 6.09 Å². The molecule has 1 atom stereocenters. The summed E-state index contributed by atoms with van der Waals surface area (Å²) < 4.78 is 5.16. The number of alkyl carbamates (subject to hydrolysis) is 1. The lowest BCUT2D eigenvalue weighted by Gasteiger charge is -2.26. The molecule has 1 unspecified atom stereocenters. The van der Waals surface area contributed by atoms with Crippen LogP contribution in [0.3, 0.4) is 0 Å². The molecule has 1 aromatic heterocycles. The molecule has 7 nitrogen and oxygen atoms in total. The maximum absolute atomic E-state index is 11.6. The zero-order chi connectivity index (χ0) is 13.8. The van der Waals surface area contributed by atoms with Gasteiger partial charge in [-0.1, -0.05) is 0 Å². The monoisotopic (exact) mass is 255 g/mol. The third-order valence-corrected chi connectivity index (χ3v) is 2.46. The lowest BCUT2D eigenvalue weighted by Crippen LogP contribution is -2.45. The summed E-state index contributed by atoms with van der Waals surface area (Å²) in [6, 6.07) is 0. The van der Waals surface area contributed by atoms with Crippen LogP contribution in [-0.4, -0.2) is 40.0 Å². The Morgan fingerprint density at radius 3 is 2.61 bits per heavy atom. The predicted octanol–water partition coefficient (Wildman–Crippen LogP) is 0.546. The number of hydrogen-bond acceptors (Lipinski definition) is 5. The molecular weight excluding hydrogens is 234 g/mol. The van der Waals surface area contributed by atoms with E-state index in [0.717, 1.165) is 0 Å². The maximum Gasteiger partial charge on any atom is 0.407 e. The number of amides is 1. The smallest absolute Gasteiger partial charge is 0.407 e. The molecule has 0 aliphatic carbocycles. The first kappa shape index (κ1) is 14.4. The fourth-order valence-electron chi connectivity index (χ4n) is 1.33. The molecule has 1 aromatic rings. The van der Waals surface area contributed by atoms with Gasteiger partial charge in [0, 0.05) is 13.1 Å². The first-order valence-corrected chi connectivity index (χ1v) is 5.79. The molecule has 1 amide bonds. The predicted molar refractivity (Wildman–Crippen MR) is 67.0 cm³/mol. The van der Waals surface area contributed by atoms with Crippen LogP contribution in [0.2, 0.25) is 0 Å².